The Kier molecular flexibility index (Phi) is 6.12. The van der Waals surface area contributed by atoms with Crippen LogP contribution in [0.4, 0.5) is 0 Å². The number of hydrogen-bond donors (Lipinski definition) is 1. The molecule has 1 aliphatic rings. The van der Waals surface area contributed by atoms with Gasteiger partial charge in [-0.2, -0.15) is 0 Å². The van der Waals surface area contributed by atoms with Crippen molar-refractivity contribution in [2.45, 2.75) is 32.5 Å². The third kappa shape index (κ3) is 4.61. The molecule has 112 valence electrons. The van der Waals surface area contributed by atoms with Gasteiger partial charge in [-0.3, -0.25) is 4.90 Å². The number of nitrogens with one attached hydrogen (secondary N) is 1. The topological polar surface area (TPSA) is 24.5 Å². The van der Waals surface area contributed by atoms with Gasteiger partial charge in [0, 0.05) is 31.7 Å². The zero-order valence-electron chi connectivity index (χ0n) is 12.0. The molecular weight excluding hydrogens is 295 g/mol. The Morgan fingerprint density at radius 2 is 2.15 bits per heavy atom. The first-order valence-electron chi connectivity index (χ1n) is 7.05. The van der Waals surface area contributed by atoms with Gasteiger partial charge in [0.25, 0.3) is 0 Å². The van der Waals surface area contributed by atoms with Crippen molar-refractivity contribution < 1.29 is 4.74 Å². The van der Waals surface area contributed by atoms with E-state index in [1.54, 1.807) is 0 Å². The van der Waals surface area contributed by atoms with Crippen LogP contribution in [-0.4, -0.2) is 43.3 Å². The van der Waals surface area contributed by atoms with E-state index in [-0.39, 0.29) is 0 Å². The number of halogens is 2. The number of rotatable bonds is 5. The summed E-state index contributed by atoms with van der Waals surface area (Å²) >= 11 is 12.0. The van der Waals surface area contributed by atoms with Crippen molar-refractivity contribution in [2.24, 2.45) is 0 Å². The van der Waals surface area contributed by atoms with Gasteiger partial charge in [-0.05, 0) is 17.7 Å². The first-order chi connectivity index (χ1) is 9.56. The van der Waals surface area contributed by atoms with Gasteiger partial charge in [-0.1, -0.05) is 43.1 Å². The van der Waals surface area contributed by atoms with E-state index in [4.69, 9.17) is 27.9 Å². The average molecular weight is 317 g/mol. The monoisotopic (exact) mass is 316 g/mol. The molecule has 0 spiro atoms. The zero-order chi connectivity index (χ0) is 14.5. The van der Waals surface area contributed by atoms with Crippen molar-refractivity contribution in [1.82, 2.24) is 10.2 Å². The molecule has 1 atom stereocenters. The van der Waals surface area contributed by atoms with E-state index in [1.807, 2.05) is 18.2 Å². The maximum Gasteiger partial charge on any atom is 0.0635 e. The highest BCUT2D eigenvalue weighted by atomic mass is 35.5. The second-order valence-electron chi connectivity index (χ2n) is 5.51. The highest BCUT2D eigenvalue weighted by molar-refractivity contribution is 6.42. The standard InChI is InChI=1S/C15H22Cl2N2O/c1-11(2)18-8-13-10-20-6-5-19(13)9-12-3-4-14(16)15(17)7-12/h3-4,7,11,13,18H,5-6,8-10H2,1-2H3. The van der Waals surface area contributed by atoms with E-state index in [0.717, 1.165) is 32.8 Å². The van der Waals surface area contributed by atoms with Gasteiger partial charge in [-0.15, -0.1) is 0 Å². The third-order valence-electron chi connectivity index (χ3n) is 3.48. The van der Waals surface area contributed by atoms with Crippen molar-refractivity contribution >= 4 is 23.2 Å². The molecule has 1 aromatic rings. The molecule has 0 amide bonds. The second-order valence-corrected chi connectivity index (χ2v) is 6.33. The quantitative estimate of drug-likeness (QED) is 0.903. The van der Waals surface area contributed by atoms with Crippen LogP contribution in [0.1, 0.15) is 19.4 Å². The molecule has 0 aromatic heterocycles. The Balaban J connectivity index is 1.98. The Labute approximate surface area is 131 Å². The summed E-state index contributed by atoms with van der Waals surface area (Å²) in [7, 11) is 0. The molecular formula is C15H22Cl2N2O. The van der Waals surface area contributed by atoms with Crippen molar-refractivity contribution in [3.05, 3.63) is 33.8 Å². The molecule has 1 fully saturated rings. The molecule has 1 aliphatic heterocycles. The Hall–Kier alpha value is -0.320. The minimum absolute atomic E-state index is 0.403. The Morgan fingerprint density at radius 1 is 1.35 bits per heavy atom. The van der Waals surface area contributed by atoms with Gasteiger partial charge < -0.3 is 10.1 Å². The van der Waals surface area contributed by atoms with Gasteiger partial charge in [0.1, 0.15) is 0 Å². The maximum absolute atomic E-state index is 6.08. The van der Waals surface area contributed by atoms with Crippen LogP contribution in [0.3, 0.4) is 0 Å². The summed E-state index contributed by atoms with van der Waals surface area (Å²) in [6.45, 7) is 8.66. The zero-order valence-corrected chi connectivity index (χ0v) is 13.5. The lowest BCUT2D eigenvalue weighted by molar-refractivity contribution is -0.0114. The molecule has 2 rings (SSSR count). The van der Waals surface area contributed by atoms with E-state index in [0.29, 0.717) is 22.1 Å². The van der Waals surface area contributed by atoms with E-state index in [2.05, 4.69) is 24.1 Å². The maximum atomic E-state index is 6.08. The smallest absolute Gasteiger partial charge is 0.0635 e. The second kappa shape index (κ2) is 7.62. The van der Waals surface area contributed by atoms with Crippen LogP contribution in [0.15, 0.2) is 18.2 Å². The Bertz CT molecular complexity index is 440. The van der Waals surface area contributed by atoms with Crippen molar-refractivity contribution in [2.75, 3.05) is 26.3 Å². The van der Waals surface area contributed by atoms with Gasteiger partial charge >= 0.3 is 0 Å². The summed E-state index contributed by atoms with van der Waals surface area (Å²) < 4.78 is 5.60. The van der Waals surface area contributed by atoms with Gasteiger partial charge in [-0.25, -0.2) is 0 Å². The molecule has 0 radical (unpaired) electrons. The van der Waals surface area contributed by atoms with E-state index >= 15 is 0 Å². The minimum atomic E-state index is 0.403. The molecule has 1 aromatic carbocycles. The molecule has 1 unspecified atom stereocenters. The molecule has 1 heterocycles. The highest BCUT2D eigenvalue weighted by Gasteiger charge is 2.23. The summed E-state index contributed by atoms with van der Waals surface area (Å²) in [5, 5.41) is 4.71. The molecule has 5 heteroatoms. The molecule has 0 aliphatic carbocycles. The van der Waals surface area contributed by atoms with E-state index in [9.17, 15) is 0 Å². The molecule has 20 heavy (non-hydrogen) atoms. The Morgan fingerprint density at radius 3 is 2.85 bits per heavy atom. The largest absolute Gasteiger partial charge is 0.378 e. The highest BCUT2D eigenvalue weighted by Crippen LogP contribution is 2.24. The fourth-order valence-corrected chi connectivity index (χ4v) is 2.65. The first-order valence-corrected chi connectivity index (χ1v) is 7.81. The number of hydrogen-bond acceptors (Lipinski definition) is 3. The number of ether oxygens (including phenoxy) is 1. The van der Waals surface area contributed by atoms with Gasteiger partial charge in [0.05, 0.1) is 23.3 Å². The summed E-state index contributed by atoms with van der Waals surface area (Å²) in [6, 6.07) is 6.74. The fraction of sp³-hybridized carbons (Fsp3) is 0.600. The molecule has 0 saturated carbocycles. The minimum Gasteiger partial charge on any atom is -0.378 e. The van der Waals surface area contributed by atoms with Crippen LogP contribution in [0.25, 0.3) is 0 Å². The van der Waals surface area contributed by atoms with Crippen molar-refractivity contribution in [3.8, 4) is 0 Å². The van der Waals surface area contributed by atoms with Crippen LogP contribution in [0.5, 0.6) is 0 Å². The number of benzene rings is 1. The molecule has 3 nitrogen and oxygen atoms in total. The number of morpholine rings is 1. The van der Waals surface area contributed by atoms with Crippen LogP contribution >= 0.6 is 23.2 Å². The van der Waals surface area contributed by atoms with Crippen LogP contribution < -0.4 is 5.32 Å². The first kappa shape index (κ1) is 16.1. The van der Waals surface area contributed by atoms with Crippen LogP contribution in [-0.2, 0) is 11.3 Å². The number of nitrogens with zero attached hydrogens (tertiary/aromatic N) is 1. The lowest BCUT2D eigenvalue weighted by Gasteiger charge is -2.36. The lowest BCUT2D eigenvalue weighted by atomic mass is 10.1. The third-order valence-corrected chi connectivity index (χ3v) is 4.22. The van der Waals surface area contributed by atoms with Crippen LogP contribution in [0.2, 0.25) is 10.0 Å². The molecule has 1 saturated heterocycles. The van der Waals surface area contributed by atoms with Gasteiger partial charge in [0.2, 0.25) is 0 Å². The van der Waals surface area contributed by atoms with Gasteiger partial charge in [0.15, 0.2) is 0 Å². The SMILES string of the molecule is CC(C)NCC1COCCN1Cc1ccc(Cl)c(Cl)c1. The van der Waals surface area contributed by atoms with Crippen molar-refractivity contribution in [1.29, 1.82) is 0 Å². The fourth-order valence-electron chi connectivity index (χ4n) is 2.33. The predicted octanol–water partition coefficient (Wildman–Crippen LogP) is 3.19. The summed E-state index contributed by atoms with van der Waals surface area (Å²) in [5.74, 6) is 0. The molecule has 1 N–H and O–H groups in total. The van der Waals surface area contributed by atoms with E-state index in [1.165, 1.54) is 5.56 Å². The summed E-state index contributed by atoms with van der Waals surface area (Å²) in [6.07, 6.45) is 0. The summed E-state index contributed by atoms with van der Waals surface area (Å²) in [5.41, 5.74) is 1.19. The normalized spacial score (nSPS) is 20.6. The van der Waals surface area contributed by atoms with Crippen molar-refractivity contribution in [3.63, 3.8) is 0 Å². The average Bonchev–Trinajstić information content (AvgIpc) is 2.42. The molecule has 0 bridgehead atoms. The lowest BCUT2D eigenvalue weighted by Crippen LogP contribution is -2.50. The predicted molar refractivity (Wildman–Crippen MR) is 84.6 cm³/mol. The summed E-state index contributed by atoms with van der Waals surface area (Å²) in [4.78, 5) is 2.44. The van der Waals surface area contributed by atoms with E-state index < -0.39 is 0 Å². The van der Waals surface area contributed by atoms with Crippen LogP contribution in [0, 0.1) is 0 Å².